The number of nitrogens with zero attached hydrogens (tertiary/aromatic N) is 2. The largest absolute Gasteiger partial charge is 0.448 e. The monoisotopic (exact) mass is 417 g/mol. The van der Waals surface area contributed by atoms with Crippen LogP contribution in [-0.2, 0) is 19.1 Å². The maximum atomic E-state index is 13.2. The van der Waals surface area contributed by atoms with Crippen LogP contribution in [0.3, 0.4) is 0 Å². The minimum atomic E-state index is -1.21. The number of ether oxygens (including phenoxy) is 1. The first-order valence-electron chi connectivity index (χ1n) is 9.79. The SMILES string of the molecule is Cc1ccc(/C=C(\C#N)C(=O)O[C@@H](C)C(=O)N2c3ccccc3NC(=O)C2(C)C)cc1. The number of esters is 1. The minimum absolute atomic E-state index is 0.223. The molecule has 2 aromatic carbocycles. The molecule has 1 aliphatic heterocycles. The van der Waals surface area contributed by atoms with E-state index in [1.165, 1.54) is 17.9 Å². The molecule has 0 radical (unpaired) electrons. The second-order valence-electron chi connectivity index (χ2n) is 7.83. The maximum Gasteiger partial charge on any atom is 0.349 e. The molecule has 1 aliphatic rings. The lowest BCUT2D eigenvalue weighted by molar-refractivity contribution is -0.150. The van der Waals surface area contributed by atoms with Gasteiger partial charge in [-0.05, 0) is 51.5 Å². The molecule has 2 aromatic rings. The summed E-state index contributed by atoms with van der Waals surface area (Å²) in [5.41, 5.74) is 1.31. The zero-order chi connectivity index (χ0) is 22.8. The van der Waals surface area contributed by atoms with Crippen molar-refractivity contribution in [3.05, 3.63) is 65.2 Å². The topological polar surface area (TPSA) is 99.5 Å². The van der Waals surface area contributed by atoms with Gasteiger partial charge < -0.3 is 10.1 Å². The van der Waals surface area contributed by atoms with E-state index in [1.807, 2.05) is 25.1 Å². The third kappa shape index (κ3) is 4.33. The normalized spacial score (nSPS) is 15.9. The smallest absolute Gasteiger partial charge is 0.349 e. The minimum Gasteiger partial charge on any atom is -0.448 e. The lowest BCUT2D eigenvalue weighted by Crippen LogP contribution is -2.60. The van der Waals surface area contributed by atoms with Crippen molar-refractivity contribution >= 4 is 35.2 Å². The summed E-state index contributed by atoms with van der Waals surface area (Å²) in [7, 11) is 0. The molecule has 0 fully saturated rings. The first kappa shape index (κ1) is 21.8. The van der Waals surface area contributed by atoms with Crippen molar-refractivity contribution in [2.24, 2.45) is 0 Å². The van der Waals surface area contributed by atoms with Crippen LogP contribution in [0, 0.1) is 18.3 Å². The summed E-state index contributed by atoms with van der Waals surface area (Å²) in [4.78, 5) is 39.7. The van der Waals surface area contributed by atoms with Crippen molar-refractivity contribution in [3.63, 3.8) is 0 Å². The highest BCUT2D eigenvalue weighted by molar-refractivity contribution is 6.15. The van der Waals surface area contributed by atoms with E-state index >= 15 is 0 Å². The summed E-state index contributed by atoms with van der Waals surface area (Å²) in [6.07, 6.45) is 0.201. The summed E-state index contributed by atoms with van der Waals surface area (Å²) in [5, 5.41) is 12.2. The van der Waals surface area contributed by atoms with Crippen LogP contribution in [0.4, 0.5) is 11.4 Å². The Hall–Kier alpha value is -3.92. The van der Waals surface area contributed by atoms with Gasteiger partial charge in [0.25, 0.3) is 5.91 Å². The molecule has 0 spiro atoms. The molecule has 31 heavy (non-hydrogen) atoms. The molecule has 1 atom stereocenters. The second-order valence-corrected chi connectivity index (χ2v) is 7.83. The lowest BCUT2D eigenvalue weighted by Gasteiger charge is -2.42. The number of fused-ring (bicyclic) bond motifs is 1. The molecule has 7 nitrogen and oxygen atoms in total. The summed E-state index contributed by atoms with van der Waals surface area (Å²) >= 11 is 0. The van der Waals surface area contributed by atoms with Gasteiger partial charge in [-0.1, -0.05) is 42.0 Å². The van der Waals surface area contributed by atoms with E-state index in [2.05, 4.69) is 5.32 Å². The van der Waals surface area contributed by atoms with Crippen LogP contribution in [0.15, 0.2) is 54.1 Å². The summed E-state index contributed by atoms with van der Waals surface area (Å²) < 4.78 is 5.31. The number of carbonyl (C=O) groups excluding carboxylic acids is 3. The molecule has 1 heterocycles. The predicted molar refractivity (Wildman–Crippen MR) is 117 cm³/mol. The number of hydrogen-bond acceptors (Lipinski definition) is 5. The van der Waals surface area contributed by atoms with Crippen LogP contribution < -0.4 is 10.2 Å². The first-order valence-corrected chi connectivity index (χ1v) is 9.79. The lowest BCUT2D eigenvalue weighted by atomic mass is 9.95. The highest BCUT2D eigenvalue weighted by Gasteiger charge is 2.45. The van der Waals surface area contributed by atoms with Crippen molar-refractivity contribution in [2.45, 2.75) is 39.3 Å². The summed E-state index contributed by atoms with van der Waals surface area (Å²) in [6.45, 7) is 6.58. The Balaban J connectivity index is 1.84. The number of benzene rings is 2. The van der Waals surface area contributed by atoms with Gasteiger partial charge in [0.1, 0.15) is 17.2 Å². The zero-order valence-corrected chi connectivity index (χ0v) is 17.8. The third-order valence-corrected chi connectivity index (χ3v) is 5.09. The molecule has 0 saturated carbocycles. The fourth-order valence-corrected chi connectivity index (χ4v) is 3.27. The standard InChI is InChI=1S/C24H23N3O4/c1-15-9-11-17(12-10-15)13-18(14-25)22(29)31-16(2)21(28)27-20-8-6-5-7-19(20)26-23(30)24(27,3)4/h5-13,16H,1-4H3,(H,26,30)/b18-13+/t16-/m0/s1. The number of aryl methyl sites for hydroxylation is 1. The van der Waals surface area contributed by atoms with Crippen LogP contribution in [-0.4, -0.2) is 29.4 Å². The number of para-hydroxylation sites is 2. The maximum absolute atomic E-state index is 13.2. The Kier molecular flexibility index (Phi) is 5.93. The van der Waals surface area contributed by atoms with E-state index in [1.54, 1.807) is 50.2 Å². The fraction of sp³-hybridized carbons (Fsp3) is 0.250. The van der Waals surface area contributed by atoms with Gasteiger partial charge >= 0.3 is 5.97 Å². The average molecular weight is 417 g/mol. The van der Waals surface area contributed by atoms with Crippen LogP contribution in [0.1, 0.15) is 31.9 Å². The van der Waals surface area contributed by atoms with Gasteiger partial charge in [0, 0.05) is 0 Å². The Morgan fingerprint density at radius 2 is 1.81 bits per heavy atom. The van der Waals surface area contributed by atoms with E-state index in [-0.39, 0.29) is 11.5 Å². The molecule has 0 aromatic heterocycles. The third-order valence-electron chi connectivity index (χ3n) is 5.09. The molecule has 0 saturated heterocycles. The number of amides is 2. The van der Waals surface area contributed by atoms with E-state index in [0.717, 1.165) is 5.56 Å². The predicted octanol–water partition coefficient (Wildman–Crippen LogP) is 3.60. The van der Waals surface area contributed by atoms with Gasteiger partial charge in [0.15, 0.2) is 6.10 Å². The second kappa shape index (κ2) is 8.44. The molecule has 0 aliphatic carbocycles. The van der Waals surface area contributed by atoms with E-state index in [9.17, 15) is 19.6 Å². The number of anilines is 2. The molecule has 0 bridgehead atoms. The highest BCUT2D eigenvalue weighted by atomic mass is 16.5. The van der Waals surface area contributed by atoms with Crippen molar-refractivity contribution in [1.82, 2.24) is 0 Å². The van der Waals surface area contributed by atoms with E-state index < -0.39 is 23.5 Å². The van der Waals surface area contributed by atoms with Crippen molar-refractivity contribution < 1.29 is 19.1 Å². The quantitative estimate of drug-likeness (QED) is 0.466. The number of hydrogen-bond donors (Lipinski definition) is 1. The van der Waals surface area contributed by atoms with Crippen molar-refractivity contribution in [2.75, 3.05) is 10.2 Å². The van der Waals surface area contributed by atoms with Gasteiger partial charge in [-0.25, -0.2) is 4.79 Å². The summed E-state index contributed by atoms with van der Waals surface area (Å²) in [6, 6.07) is 16.0. The molecule has 2 amide bonds. The Morgan fingerprint density at radius 3 is 2.45 bits per heavy atom. The first-order chi connectivity index (χ1) is 14.6. The Morgan fingerprint density at radius 1 is 1.16 bits per heavy atom. The molecule has 3 rings (SSSR count). The van der Waals surface area contributed by atoms with Crippen LogP contribution in [0.2, 0.25) is 0 Å². The van der Waals surface area contributed by atoms with Crippen LogP contribution in [0.5, 0.6) is 0 Å². The van der Waals surface area contributed by atoms with Gasteiger partial charge in [-0.2, -0.15) is 5.26 Å². The molecule has 1 N–H and O–H groups in total. The van der Waals surface area contributed by atoms with Gasteiger partial charge in [-0.3, -0.25) is 14.5 Å². The van der Waals surface area contributed by atoms with Gasteiger partial charge in [0.05, 0.1) is 11.4 Å². The highest BCUT2D eigenvalue weighted by Crippen LogP contribution is 2.37. The van der Waals surface area contributed by atoms with E-state index in [4.69, 9.17) is 4.74 Å². The number of nitriles is 1. The van der Waals surface area contributed by atoms with Crippen LogP contribution in [0.25, 0.3) is 6.08 Å². The average Bonchev–Trinajstić information content (AvgIpc) is 2.73. The molecule has 7 heteroatoms. The molecular weight excluding hydrogens is 394 g/mol. The number of nitrogens with one attached hydrogen (secondary N) is 1. The van der Waals surface area contributed by atoms with Crippen molar-refractivity contribution in [3.8, 4) is 6.07 Å². The van der Waals surface area contributed by atoms with Gasteiger partial charge in [0.2, 0.25) is 5.91 Å². The molecule has 0 unspecified atom stereocenters. The summed E-state index contributed by atoms with van der Waals surface area (Å²) in [5.74, 6) is -1.82. The molecular formula is C24H23N3O4. The Labute approximate surface area is 180 Å². The number of rotatable bonds is 4. The molecule has 158 valence electrons. The van der Waals surface area contributed by atoms with Crippen molar-refractivity contribution in [1.29, 1.82) is 5.26 Å². The zero-order valence-electron chi connectivity index (χ0n) is 17.8. The van der Waals surface area contributed by atoms with Crippen LogP contribution >= 0.6 is 0 Å². The van der Waals surface area contributed by atoms with Gasteiger partial charge in [-0.15, -0.1) is 0 Å². The van der Waals surface area contributed by atoms with E-state index in [0.29, 0.717) is 16.9 Å². The fourth-order valence-electron chi connectivity index (χ4n) is 3.27. The number of carbonyl (C=O) groups is 3. The Bertz CT molecular complexity index is 1110.